The zero-order valence-corrected chi connectivity index (χ0v) is 10.5. The number of thioether (sulfide) groups is 1. The van der Waals surface area contributed by atoms with Gasteiger partial charge in [-0.05, 0) is 32.1 Å². The predicted octanol–water partition coefficient (Wildman–Crippen LogP) is 1.24. The molecule has 0 spiro atoms. The topological polar surface area (TPSA) is 41.1 Å². The van der Waals surface area contributed by atoms with Crippen LogP contribution in [-0.2, 0) is 4.79 Å². The molecule has 1 amide bonds. The van der Waals surface area contributed by atoms with Crippen molar-refractivity contribution in [1.29, 1.82) is 0 Å². The Morgan fingerprint density at radius 1 is 1.67 bits per heavy atom. The molecule has 0 aromatic heterocycles. The molecule has 1 aliphatic heterocycles. The highest BCUT2D eigenvalue weighted by Crippen LogP contribution is 2.10. The zero-order chi connectivity index (χ0) is 11.1. The first-order valence-corrected chi connectivity index (χ1v) is 6.98. The van der Waals surface area contributed by atoms with E-state index in [2.05, 4.69) is 24.5 Å². The fourth-order valence-electron chi connectivity index (χ4n) is 1.77. The van der Waals surface area contributed by atoms with Gasteiger partial charge in [0.05, 0.1) is 5.92 Å². The van der Waals surface area contributed by atoms with Gasteiger partial charge in [-0.3, -0.25) is 4.79 Å². The van der Waals surface area contributed by atoms with Crippen molar-refractivity contribution in [2.75, 3.05) is 24.6 Å². The molecule has 1 saturated heterocycles. The number of piperidine rings is 1. The lowest BCUT2D eigenvalue weighted by Gasteiger charge is -2.23. The fraction of sp³-hybridized carbons (Fsp3) is 0.909. The van der Waals surface area contributed by atoms with Crippen molar-refractivity contribution in [3.8, 4) is 0 Å². The van der Waals surface area contributed by atoms with Crippen LogP contribution in [0.5, 0.6) is 0 Å². The third-order valence-corrected chi connectivity index (χ3v) is 3.77. The van der Waals surface area contributed by atoms with Crippen LogP contribution < -0.4 is 10.6 Å². The molecular weight excluding hydrogens is 208 g/mol. The van der Waals surface area contributed by atoms with E-state index in [-0.39, 0.29) is 11.8 Å². The first-order chi connectivity index (χ1) is 7.24. The highest BCUT2D eigenvalue weighted by molar-refractivity contribution is 7.99. The first-order valence-electron chi connectivity index (χ1n) is 5.83. The fourth-order valence-corrected chi connectivity index (χ4v) is 2.45. The van der Waals surface area contributed by atoms with Gasteiger partial charge in [-0.1, -0.05) is 6.92 Å². The molecule has 0 aromatic carbocycles. The van der Waals surface area contributed by atoms with Crippen molar-refractivity contribution in [1.82, 2.24) is 10.6 Å². The standard InChI is InChI=1S/C11H22N2OS/c1-3-15-8-9(2)13-11(14)10-5-4-6-12-7-10/h9-10,12H,3-8H2,1-2H3,(H,13,14). The van der Waals surface area contributed by atoms with E-state index in [0.29, 0.717) is 6.04 Å². The third-order valence-electron chi connectivity index (χ3n) is 2.63. The minimum Gasteiger partial charge on any atom is -0.353 e. The molecule has 15 heavy (non-hydrogen) atoms. The van der Waals surface area contributed by atoms with Gasteiger partial charge < -0.3 is 10.6 Å². The third kappa shape index (κ3) is 4.89. The van der Waals surface area contributed by atoms with Gasteiger partial charge in [-0.15, -0.1) is 0 Å². The molecule has 1 aliphatic rings. The van der Waals surface area contributed by atoms with Gasteiger partial charge in [0.25, 0.3) is 0 Å². The van der Waals surface area contributed by atoms with Crippen LogP contribution in [0.3, 0.4) is 0 Å². The largest absolute Gasteiger partial charge is 0.353 e. The molecule has 0 bridgehead atoms. The molecule has 2 unspecified atom stereocenters. The van der Waals surface area contributed by atoms with Crippen LogP contribution in [0.2, 0.25) is 0 Å². The quantitative estimate of drug-likeness (QED) is 0.747. The number of carbonyl (C=O) groups is 1. The SMILES string of the molecule is CCSCC(C)NC(=O)C1CCCNC1. The first kappa shape index (κ1) is 12.8. The van der Waals surface area contributed by atoms with Crippen molar-refractivity contribution < 1.29 is 4.79 Å². The Morgan fingerprint density at radius 2 is 2.47 bits per heavy atom. The van der Waals surface area contributed by atoms with E-state index >= 15 is 0 Å². The van der Waals surface area contributed by atoms with Gasteiger partial charge in [0.2, 0.25) is 5.91 Å². The predicted molar refractivity (Wildman–Crippen MR) is 66.2 cm³/mol. The van der Waals surface area contributed by atoms with Gasteiger partial charge in [0, 0.05) is 18.3 Å². The zero-order valence-electron chi connectivity index (χ0n) is 9.71. The van der Waals surface area contributed by atoms with Crippen molar-refractivity contribution in [2.24, 2.45) is 5.92 Å². The molecule has 0 aliphatic carbocycles. The van der Waals surface area contributed by atoms with Crippen LogP contribution in [0.15, 0.2) is 0 Å². The van der Waals surface area contributed by atoms with E-state index in [9.17, 15) is 4.79 Å². The Labute approximate surface area is 96.8 Å². The maximum absolute atomic E-state index is 11.8. The Morgan fingerprint density at radius 3 is 3.07 bits per heavy atom. The van der Waals surface area contributed by atoms with Crippen LogP contribution in [0, 0.1) is 5.92 Å². The number of amides is 1. The van der Waals surface area contributed by atoms with E-state index in [4.69, 9.17) is 0 Å². The summed E-state index contributed by atoms with van der Waals surface area (Å²) < 4.78 is 0. The molecule has 1 fully saturated rings. The number of carbonyl (C=O) groups excluding carboxylic acids is 1. The second kappa shape index (κ2) is 7.12. The number of hydrogen-bond donors (Lipinski definition) is 2. The average molecular weight is 230 g/mol. The van der Waals surface area contributed by atoms with E-state index in [1.807, 2.05) is 11.8 Å². The van der Waals surface area contributed by atoms with Crippen molar-refractivity contribution in [3.05, 3.63) is 0 Å². The Hall–Kier alpha value is -0.220. The summed E-state index contributed by atoms with van der Waals surface area (Å²) in [5.74, 6) is 2.55. The number of rotatable bonds is 5. The molecular formula is C11H22N2OS. The molecule has 1 heterocycles. The summed E-state index contributed by atoms with van der Waals surface area (Å²) in [4.78, 5) is 11.8. The van der Waals surface area contributed by atoms with Crippen LogP contribution in [-0.4, -0.2) is 36.5 Å². The molecule has 0 saturated carbocycles. The molecule has 1 rings (SSSR count). The maximum Gasteiger partial charge on any atom is 0.224 e. The van der Waals surface area contributed by atoms with Crippen LogP contribution in [0.25, 0.3) is 0 Å². The van der Waals surface area contributed by atoms with Crippen LogP contribution in [0.4, 0.5) is 0 Å². The van der Waals surface area contributed by atoms with Gasteiger partial charge in [0.15, 0.2) is 0 Å². The lowest BCUT2D eigenvalue weighted by Crippen LogP contribution is -2.44. The average Bonchev–Trinajstić information content (AvgIpc) is 2.27. The Kier molecular flexibility index (Phi) is 6.10. The highest BCUT2D eigenvalue weighted by atomic mass is 32.2. The van der Waals surface area contributed by atoms with E-state index < -0.39 is 0 Å². The monoisotopic (exact) mass is 230 g/mol. The van der Waals surface area contributed by atoms with Gasteiger partial charge in [-0.2, -0.15) is 11.8 Å². The summed E-state index contributed by atoms with van der Waals surface area (Å²) in [6.07, 6.45) is 2.16. The van der Waals surface area contributed by atoms with Crippen molar-refractivity contribution in [3.63, 3.8) is 0 Å². The number of nitrogens with one attached hydrogen (secondary N) is 2. The van der Waals surface area contributed by atoms with Gasteiger partial charge in [0.1, 0.15) is 0 Å². The van der Waals surface area contributed by atoms with Crippen LogP contribution in [0.1, 0.15) is 26.7 Å². The molecule has 4 heteroatoms. The summed E-state index contributed by atoms with van der Waals surface area (Å²) in [6.45, 7) is 6.13. The lowest BCUT2D eigenvalue weighted by molar-refractivity contribution is -0.125. The second-order valence-electron chi connectivity index (χ2n) is 4.11. The smallest absolute Gasteiger partial charge is 0.224 e. The van der Waals surface area contributed by atoms with Crippen molar-refractivity contribution in [2.45, 2.75) is 32.7 Å². The molecule has 3 nitrogen and oxygen atoms in total. The molecule has 2 N–H and O–H groups in total. The molecule has 0 radical (unpaired) electrons. The maximum atomic E-state index is 11.8. The minimum absolute atomic E-state index is 0.188. The Bertz CT molecular complexity index is 193. The van der Waals surface area contributed by atoms with Crippen molar-refractivity contribution >= 4 is 17.7 Å². The summed E-state index contributed by atoms with van der Waals surface area (Å²) in [5, 5.41) is 6.35. The Balaban J connectivity index is 2.21. The van der Waals surface area contributed by atoms with E-state index in [0.717, 1.165) is 37.4 Å². The molecule has 2 atom stereocenters. The van der Waals surface area contributed by atoms with Gasteiger partial charge in [-0.25, -0.2) is 0 Å². The summed E-state index contributed by atoms with van der Waals surface area (Å²) in [7, 11) is 0. The van der Waals surface area contributed by atoms with E-state index in [1.54, 1.807) is 0 Å². The van der Waals surface area contributed by atoms with Crippen LogP contribution >= 0.6 is 11.8 Å². The molecule has 0 aromatic rings. The molecule has 88 valence electrons. The summed E-state index contributed by atoms with van der Waals surface area (Å²) >= 11 is 1.87. The normalized spacial score (nSPS) is 23.5. The second-order valence-corrected chi connectivity index (χ2v) is 5.43. The summed E-state index contributed by atoms with van der Waals surface area (Å²) in [5.41, 5.74) is 0. The highest BCUT2D eigenvalue weighted by Gasteiger charge is 2.21. The number of hydrogen-bond acceptors (Lipinski definition) is 3. The van der Waals surface area contributed by atoms with Gasteiger partial charge >= 0.3 is 0 Å². The summed E-state index contributed by atoms with van der Waals surface area (Å²) in [6, 6.07) is 0.296. The minimum atomic E-state index is 0.188. The van der Waals surface area contributed by atoms with E-state index in [1.165, 1.54) is 0 Å². The lowest BCUT2D eigenvalue weighted by atomic mass is 9.98.